The van der Waals surface area contributed by atoms with Crippen LogP contribution in [0.2, 0.25) is 0 Å². The second-order valence-electron chi connectivity index (χ2n) is 9.21. The molecule has 5 rings (SSSR count). The van der Waals surface area contributed by atoms with Crippen LogP contribution in [-0.2, 0) is 11.3 Å². The molecule has 200 valence electrons. The molecule has 1 amide bonds. The Labute approximate surface area is 222 Å². The summed E-state index contributed by atoms with van der Waals surface area (Å²) in [4.78, 5) is 19.1. The Morgan fingerprint density at radius 3 is 2.66 bits per heavy atom. The number of ether oxygens (including phenoxy) is 2. The molecule has 1 aliphatic carbocycles. The molecule has 0 saturated heterocycles. The summed E-state index contributed by atoms with van der Waals surface area (Å²) in [6.07, 6.45) is 8.94. The summed E-state index contributed by atoms with van der Waals surface area (Å²) in [6, 6.07) is 18.3. The standard InChI is InChI=1S/C25H26N4O.C4H9NO3/c26-24-23-22(28-25(29(23)15-14-27-24)19-10-5-2-6-11-19)20-12-7-13-21(16-20)30-17-18-8-3-1-4-9-18;1-8-3-2-5-4(6)7/h1,3-4,7-9,12-16,19H,2,5-6,10-11,17H2,(H2,26,27);5H,2-3H2,1H3,(H,6,7). The van der Waals surface area contributed by atoms with Crippen molar-refractivity contribution in [1.82, 2.24) is 19.7 Å². The van der Waals surface area contributed by atoms with Crippen molar-refractivity contribution >= 4 is 17.4 Å². The lowest BCUT2D eigenvalue weighted by Gasteiger charge is -2.20. The van der Waals surface area contributed by atoms with Gasteiger partial charge in [0.2, 0.25) is 0 Å². The molecule has 0 spiro atoms. The van der Waals surface area contributed by atoms with E-state index in [0.717, 1.165) is 33.9 Å². The average molecular weight is 518 g/mol. The molecule has 0 atom stereocenters. The Balaban J connectivity index is 0.000000368. The third kappa shape index (κ3) is 7.01. The smallest absolute Gasteiger partial charge is 0.404 e. The van der Waals surface area contributed by atoms with Crippen molar-refractivity contribution < 1.29 is 19.4 Å². The number of imidazole rings is 1. The molecule has 1 fully saturated rings. The topological polar surface area (TPSA) is 124 Å². The fourth-order valence-corrected chi connectivity index (χ4v) is 4.67. The van der Waals surface area contributed by atoms with Crippen LogP contribution in [-0.4, -0.2) is 45.8 Å². The van der Waals surface area contributed by atoms with Crippen molar-refractivity contribution in [1.29, 1.82) is 0 Å². The molecular formula is C29H35N5O4. The maximum Gasteiger partial charge on any atom is 0.404 e. The number of aromatic nitrogens is 3. The number of carbonyl (C=O) groups is 1. The number of carboxylic acid groups (broad SMARTS) is 1. The molecule has 9 nitrogen and oxygen atoms in total. The summed E-state index contributed by atoms with van der Waals surface area (Å²) in [5.41, 5.74) is 10.2. The fraction of sp³-hybridized carbons (Fsp3) is 0.345. The Bertz CT molecular complexity index is 1320. The zero-order valence-electron chi connectivity index (χ0n) is 21.7. The van der Waals surface area contributed by atoms with Gasteiger partial charge in [-0.05, 0) is 30.5 Å². The molecule has 4 N–H and O–H groups in total. The average Bonchev–Trinajstić information content (AvgIpc) is 3.35. The van der Waals surface area contributed by atoms with Crippen LogP contribution in [0.25, 0.3) is 16.8 Å². The lowest BCUT2D eigenvalue weighted by atomic mass is 9.89. The molecule has 0 bridgehead atoms. The van der Waals surface area contributed by atoms with Crippen LogP contribution in [0.3, 0.4) is 0 Å². The molecule has 9 heteroatoms. The second kappa shape index (κ2) is 13.4. The Hall–Kier alpha value is -4.11. The van der Waals surface area contributed by atoms with Crippen LogP contribution in [0.1, 0.15) is 49.4 Å². The minimum Gasteiger partial charge on any atom is -0.489 e. The Kier molecular flexibility index (Phi) is 9.53. The summed E-state index contributed by atoms with van der Waals surface area (Å²) < 4.78 is 12.7. The minimum atomic E-state index is -1.01. The first-order valence-corrected chi connectivity index (χ1v) is 12.9. The number of nitrogens with one attached hydrogen (secondary N) is 1. The number of amides is 1. The number of nitrogens with two attached hydrogens (primary N) is 1. The predicted molar refractivity (Wildman–Crippen MR) is 147 cm³/mol. The van der Waals surface area contributed by atoms with Crippen molar-refractivity contribution in [3.63, 3.8) is 0 Å². The van der Waals surface area contributed by atoms with Crippen LogP contribution in [0.4, 0.5) is 10.6 Å². The zero-order valence-corrected chi connectivity index (χ0v) is 21.7. The number of rotatable bonds is 8. The normalized spacial score (nSPS) is 13.5. The number of nitrogens with zero attached hydrogens (tertiary/aromatic N) is 3. The summed E-state index contributed by atoms with van der Waals surface area (Å²) in [6.45, 7) is 1.31. The summed E-state index contributed by atoms with van der Waals surface area (Å²) in [7, 11) is 1.52. The van der Waals surface area contributed by atoms with Crippen LogP contribution in [0.15, 0.2) is 67.0 Å². The number of hydrogen-bond donors (Lipinski definition) is 3. The van der Waals surface area contributed by atoms with E-state index < -0.39 is 6.09 Å². The number of fused-ring (bicyclic) bond motifs is 1. The maximum atomic E-state index is 9.71. The Morgan fingerprint density at radius 1 is 1.13 bits per heavy atom. The third-order valence-corrected chi connectivity index (χ3v) is 6.52. The van der Waals surface area contributed by atoms with Gasteiger partial charge >= 0.3 is 6.09 Å². The highest BCUT2D eigenvalue weighted by Gasteiger charge is 2.24. The molecule has 2 aromatic carbocycles. The first kappa shape index (κ1) is 26.9. The van der Waals surface area contributed by atoms with E-state index in [4.69, 9.17) is 20.6 Å². The summed E-state index contributed by atoms with van der Waals surface area (Å²) in [5.74, 6) is 2.90. The van der Waals surface area contributed by atoms with Gasteiger partial charge in [0.1, 0.15) is 35.2 Å². The molecule has 0 unspecified atom stereocenters. The van der Waals surface area contributed by atoms with Gasteiger partial charge in [-0.2, -0.15) is 0 Å². The molecule has 0 radical (unpaired) electrons. The number of methoxy groups -OCH3 is 1. The molecule has 1 aliphatic rings. The predicted octanol–water partition coefficient (Wildman–Crippen LogP) is 5.51. The number of hydrogen-bond acceptors (Lipinski definition) is 6. The maximum absolute atomic E-state index is 9.71. The van der Waals surface area contributed by atoms with E-state index in [1.165, 1.54) is 39.2 Å². The number of benzene rings is 2. The van der Waals surface area contributed by atoms with E-state index in [-0.39, 0.29) is 0 Å². The van der Waals surface area contributed by atoms with E-state index in [9.17, 15) is 4.79 Å². The summed E-state index contributed by atoms with van der Waals surface area (Å²) >= 11 is 0. The summed E-state index contributed by atoms with van der Waals surface area (Å²) in [5, 5.41) is 10.1. The molecule has 2 heterocycles. The van der Waals surface area contributed by atoms with Gasteiger partial charge < -0.3 is 25.6 Å². The highest BCUT2D eigenvalue weighted by atomic mass is 16.5. The van der Waals surface area contributed by atoms with Crippen molar-refractivity contribution in [2.75, 3.05) is 26.0 Å². The van der Waals surface area contributed by atoms with Gasteiger partial charge in [0.25, 0.3) is 0 Å². The largest absolute Gasteiger partial charge is 0.489 e. The van der Waals surface area contributed by atoms with Crippen molar-refractivity contribution in [2.24, 2.45) is 0 Å². The van der Waals surface area contributed by atoms with E-state index in [1.54, 1.807) is 6.20 Å². The second-order valence-corrected chi connectivity index (χ2v) is 9.21. The lowest BCUT2D eigenvalue weighted by molar-refractivity contribution is 0.176. The molecule has 0 aliphatic heterocycles. The molecule has 38 heavy (non-hydrogen) atoms. The number of anilines is 1. The molecule has 4 aromatic rings. The van der Waals surface area contributed by atoms with Gasteiger partial charge in [-0.3, -0.25) is 4.40 Å². The molecule has 1 saturated carbocycles. The van der Waals surface area contributed by atoms with Crippen LogP contribution in [0.5, 0.6) is 5.75 Å². The monoisotopic (exact) mass is 517 g/mol. The van der Waals surface area contributed by atoms with Crippen molar-refractivity contribution in [3.8, 4) is 17.0 Å². The fourth-order valence-electron chi connectivity index (χ4n) is 4.67. The SMILES string of the molecule is COCCNC(=O)O.Nc1nccn2c(C3CCCCC3)nc(-c3cccc(OCc4ccccc4)c3)c12. The highest BCUT2D eigenvalue weighted by molar-refractivity contribution is 5.85. The van der Waals surface area contributed by atoms with E-state index in [0.29, 0.717) is 31.5 Å². The van der Waals surface area contributed by atoms with Crippen LogP contribution < -0.4 is 15.8 Å². The molecular weight excluding hydrogens is 482 g/mol. The first-order valence-electron chi connectivity index (χ1n) is 12.9. The number of nitrogen functional groups attached to an aromatic ring is 1. The van der Waals surface area contributed by atoms with Gasteiger partial charge in [-0.25, -0.2) is 14.8 Å². The minimum absolute atomic E-state index is 0.353. The zero-order chi connectivity index (χ0) is 26.7. The van der Waals surface area contributed by atoms with Crippen molar-refractivity contribution in [3.05, 3.63) is 78.4 Å². The van der Waals surface area contributed by atoms with Gasteiger partial charge in [-0.15, -0.1) is 0 Å². The van der Waals surface area contributed by atoms with Gasteiger partial charge in [0, 0.05) is 37.5 Å². The third-order valence-electron chi connectivity index (χ3n) is 6.52. The molecule has 2 aromatic heterocycles. The van der Waals surface area contributed by atoms with Crippen LogP contribution in [0, 0.1) is 0 Å². The first-order chi connectivity index (χ1) is 18.6. The quantitative estimate of drug-likeness (QED) is 0.263. The van der Waals surface area contributed by atoms with Gasteiger partial charge in [0.15, 0.2) is 0 Å². The van der Waals surface area contributed by atoms with Crippen LogP contribution >= 0.6 is 0 Å². The Morgan fingerprint density at radius 2 is 1.92 bits per heavy atom. The van der Waals surface area contributed by atoms with E-state index in [2.05, 4.69) is 37.6 Å². The highest BCUT2D eigenvalue weighted by Crippen LogP contribution is 2.37. The van der Waals surface area contributed by atoms with Gasteiger partial charge in [-0.1, -0.05) is 61.7 Å². The van der Waals surface area contributed by atoms with Crippen molar-refractivity contribution in [2.45, 2.75) is 44.6 Å². The van der Waals surface area contributed by atoms with E-state index >= 15 is 0 Å². The lowest BCUT2D eigenvalue weighted by Crippen LogP contribution is -2.24. The van der Waals surface area contributed by atoms with E-state index in [1.807, 2.05) is 42.6 Å². The van der Waals surface area contributed by atoms with Gasteiger partial charge in [0.05, 0.1) is 6.61 Å².